The predicted octanol–water partition coefficient (Wildman–Crippen LogP) is 1.88. The molecule has 0 atom stereocenters. The molecular formula is C16H21ClN4O3S. The number of thiophene rings is 1. The number of nitrogens with one attached hydrogen (secondary N) is 1. The van der Waals surface area contributed by atoms with Crippen LogP contribution in [0.15, 0.2) is 6.07 Å². The summed E-state index contributed by atoms with van der Waals surface area (Å²) in [6, 6.07) is 2.05. The van der Waals surface area contributed by atoms with Crippen molar-refractivity contribution in [2.24, 2.45) is 0 Å². The van der Waals surface area contributed by atoms with Crippen molar-refractivity contribution in [2.45, 2.75) is 13.3 Å². The molecule has 0 aliphatic carbocycles. The summed E-state index contributed by atoms with van der Waals surface area (Å²) in [4.78, 5) is 23.5. The third-order valence-corrected chi connectivity index (χ3v) is 5.16. The second kappa shape index (κ2) is 8.75. The first-order chi connectivity index (χ1) is 12.2. The van der Waals surface area contributed by atoms with E-state index >= 15 is 0 Å². The van der Waals surface area contributed by atoms with Crippen LogP contribution in [0.25, 0.3) is 10.2 Å². The molecule has 3 rings (SSSR count). The SMILES string of the molecule is CCOC(=O)CNCCc1cc2nc(Cl)nc(N3CCOCC3)c2s1. The van der Waals surface area contributed by atoms with Crippen LogP contribution in [0.1, 0.15) is 11.8 Å². The quantitative estimate of drug-likeness (QED) is 0.443. The van der Waals surface area contributed by atoms with Gasteiger partial charge in [0, 0.05) is 24.5 Å². The molecule has 0 saturated carbocycles. The number of ether oxygens (including phenoxy) is 2. The van der Waals surface area contributed by atoms with Gasteiger partial charge in [0.25, 0.3) is 0 Å². The fourth-order valence-electron chi connectivity index (χ4n) is 2.66. The number of aromatic nitrogens is 2. The van der Waals surface area contributed by atoms with Gasteiger partial charge in [0.15, 0.2) is 5.82 Å². The molecule has 25 heavy (non-hydrogen) atoms. The van der Waals surface area contributed by atoms with E-state index in [4.69, 9.17) is 21.1 Å². The number of carbonyl (C=O) groups excluding carboxylic acids is 1. The standard InChI is InChI=1S/C16H21ClN4O3S/c1-2-24-13(22)10-18-4-3-11-9-12-14(25-11)15(20-16(17)19-12)21-5-7-23-8-6-21/h9,18H,2-8,10H2,1H3. The number of hydrogen-bond acceptors (Lipinski definition) is 8. The molecule has 9 heteroatoms. The van der Waals surface area contributed by atoms with Gasteiger partial charge in [-0.05, 0) is 31.0 Å². The number of esters is 1. The molecule has 1 aliphatic rings. The van der Waals surface area contributed by atoms with E-state index < -0.39 is 0 Å². The van der Waals surface area contributed by atoms with Crippen LogP contribution in [0.3, 0.4) is 0 Å². The van der Waals surface area contributed by atoms with Crippen LogP contribution >= 0.6 is 22.9 Å². The van der Waals surface area contributed by atoms with E-state index in [-0.39, 0.29) is 17.8 Å². The molecule has 0 spiro atoms. The molecule has 1 N–H and O–H groups in total. The number of hydrogen-bond donors (Lipinski definition) is 1. The number of fused-ring (bicyclic) bond motifs is 1. The molecular weight excluding hydrogens is 364 g/mol. The van der Waals surface area contributed by atoms with Crippen molar-refractivity contribution in [3.05, 3.63) is 16.2 Å². The van der Waals surface area contributed by atoms with Gasteiger partial charge in [-0.2, -0.15) is 4.98 Å². The van der Waals surface area contributed by atoms with Crippen LogP contribution in [0.5, 0.6) is 0 Å². The molecule has 1 aliphatic heterocycles. The first-order valence-electron chi connectivity index (χ1n) is 8.32. The molecule has 0 aromatic carbocycles. The Labute approximate surface area is 155 Å². The monoisotopic (exact) mass is 384 g/mol. The fourth-order valence-corrected chi connectivity index (χ4v) is 3.95. The molecule has 7 nitrogen and oxygen atoms in total. The van der Waals surface area contributed by atoms with E-state index in [0.29, 0.717) is 26.4 Å². The topological polar surface area (TPSA) is 76.6 Å². The number of carbonyl (C=O) groups is 1. The molecule has 2 aromatic rings. The summed E-state index contributed by atoms with van der Waals surface area (Å²) in [6.07, 6.45) is 0.806. The Hall–Kier alpha value is -1.48. The minimum absolute atomic E-state index is 0.226. The smallest absolute Gasteiger partial charge is 0.319 e. The van der Waals surface area contributed by atoms with Crippen LogP contribution in [-0.4, -0.2) is 61.9 Å². The van der Waals surface area contributed by atoms with Crippen LogP contribution in [0, 0.1) is 0 Å². The fraction of sp³-hybridized carbons (Fsp3) is 0.562. The number of morpholine rings is 1. The van der Waals surface area contributed by atoms with E-state index in [1.165, 1.54) is 4.88 Å². The lowest BCUT2D eigenvalue weighted by Gasteiger charge is -2.28. The van der Waals surface area contributed by atoms with Gasteiger partial charge in [0.2, 0.25) is 5.28 Å². The Morgan fingerprint density at radius 3 is 3.00 bits per heavy atom. The molecule has 136 valence electrons. The van der Waals surface area contributed by atoms with Gasteiger partial charge in [-0.15, -0.1) is 11.3 Å². The number of nitrogens with zero attached hydrogens (tertiary/aromatic N) is 3. The average molecular weight is 385 g/mol. The Morgan fingerprint density at radius 2 is 2.24 bits per heavy atom. The molecule has 0 amide bonds. The Kier molecular flexibility index (Phi) is 6.41. The lowest BCUT2D eigenvalue weighted by Crippen LogP contribution is -2.36. The second-order valence-corrected chi connectivity index (χ2v) is 7.05. The van der Waals surface area contributed by atoms with E-state index in [1.54, 1.807) is 18.3 Å². The van der Waals surface area contributed by atoms with Gasteiger partial charge in [0.05, 0.1) is 36.6 Å². The third-order valence-electron chi connectivity index (χ3n) is 3.81. The van der Waals surface area contributed by atoms with Crippen LogP contribution in [0.4, 0.5) is 5.82 Å². The van der Waals surface area contributed by atoms with Crippen LogP contribution in [-0.2, 0) is 20.7 Å². The Bertz CT molecular complexity index is 733. The van der Waals surface area contributed by atoms with Gasteiger partial charge < -0.3 is 19.7 Å². The minimum atomic E-state index is -0.230. The van der Waals surface area contributed by atoms with E-state index in [2.05, 4.69) is 20.2 Å². The number of rotatable bonds is 7. The summed E-state index contributed by atoms with van der Waals surface area (Å²) < 4.78 is 11.3. The van der Waals surface area contributed by atoms with Crippen molar-refractivity contribution in [1.29, 1.82) is 0 Å². The average Bonchev–Trinajstić information content (AvgIpc) is 3.01. The summed E-state index contributed by atoms with van der Waals surface area (Å²) in [5, 5.41) is 3.36. The first-order valence-corrected chi connectivity index (χ1v) is 9.52. The first kappa shape index (κ1) is 18.3. The van der Waals surface area contributed by atoms with Crippen LogP contribution < -0.4 is 10.2 Å². The largest absolute Gasteiger partial charge is 0.465 e. The molecule has 0 unspecified atom stereocenters. The van der Waals surface area contributed by atoms with Crippen molar-refractivity contribution in [1.82, 2.24) is 15.3 Å². The van der Waals surface area contributed by atoms with Crippen molar-refractivity contribution in [3.8, 4) is 0 Å². The maximum absolute atomic E-state index is 11.3. The third kappa shape index (κ3) is 4.78. The highest BCUT2D eigenvalue weighted by atomic mass is 35.5. The maximum Gasteiger partial charge on any atom is 0.319 e. The maximum atomic E-state index is 11.3. The zero-order valence-electron chi connectivity index (χ0n) is 14.1. The van der Waals surface area contributed by atoms with Gasteiger partial charge in [-0.25, -0.2) is 4.98 Å². The minimum Gasteiger partial charge on any atom is -0.465 e. The summed E-state index contributed by atoms with van der Waals surface area (Å²) in [5.41, 5.74) is 0.867. The molecule has 0 bridgehead atoms. The summed E-state index contributed by atoms with van der Waals surface area (Å²) in [7, 11) is 0. The van der Waals surface area contributed by atoms with Crippen LogP contribution in [0.2, 0.25) is 5.28 Å². The highest BCUT2D eigenvalue weighted by molar-refractivity contribution is 7.19. The van der Waals surface area contributed by atoms with Gasteiger partial charge >= 0.3 is 5.97 Å². The molecule has 2 aromatic heterocycles. The summed E-state index contributed by atoms with van der Waals surface area (Å²) in [6.45, 7) is 6.11. The number of anilines is 1. The number of halogens is 1. The van der Waals surface area contributed by atoms with Gasteiger partial charge in [-0.1, -0.05) is 0 Å². The normalized spacial score (nSPS) is 14.9. The van der Waals surface area contributed by atoms with E-state index in [9.17, 15) is 4.79 Å². The zero-order valence-corrected chi connectivity index (χ0v) is 15.7. The summed E-state index contributed by atoms with van der Waals surface area (Å²) in [5.74, 6) is 0.653. The van der Waals surface area contributed by atoms with E-state index in [0.717, 1.165) is 35.5 Å². The molecule has 1 fully saturated rings. The van der Waals surface area contributed by atoms with Crippen molar-refractivity contribution in [2.75, 3.05) is 50.9 Å². The van der Waals surface area contributed by atoms with Crippen molar-refractivity contribution < 1.29 is 14.3 Å². The van der Waals surface area contributed by atoms with Crippen molar-refractivity contribution >= 4 is 44.9 Å². The molecule has 0 radical (unpaired) electrons. The molecule has 1 saturated heterocycles. The summed E-state index contributed by atoms with van der Waals surface area (Å²) >= 11 is 7.78. The van der Waals surface area contributed by atoms with E-state index in [1.807, 2.05) is 6.07 Å². The lowest BCUT2D eigenvalue weighted by atomic mass is 10.3. The van der Waals surface area contributed by atoms with Gasteiger partial charge in [-0.3, -0.25) is 4.79 Å². The zero-order chi connectivity index (χ0) is 17.6. The highest BCUT2D eigenvalue weighted by Crippen LogP contribution is 2.33. The predicted molar refractivity (Wildman–Crippen MR) is 98.7 cm³/mol. The van der Waals surface area contributed by atoms with Crippen molar-refractivity contribution in [3.63, 3.8) is 0 Å². The Morgan fingerprint density at radius 1 is 1.44 bits per heavy atom. The lowest BCUT2D eigenvalue weighted by molar-refractivity contribution is -0.141. The second-order valence-electron chi connectivity index (χ2n) is 5.57. The van der Waals surface area contributed by atoms with Gasteiger partial charge in [0.1, 0.15) is 0 Å². The highest BCUT2D eigenvalue weighted by Gasteiger charge is 2.19. The molecule has 3 heterocycles. The Balaban J connectivity index is 1.68.